The van der Waals surface area contributed by atoms with E-state index < -0.39 is 17.2 Å². The number of carbonyl (C=O) groups excluding carboxylic acids is 1. The molecule has 0 fully saturated rings. The van der Waals surface area contributed by atoms with Gasteiger partial charge >= 0.3 is 0 Å². The minimum absolute atomic E-state index is 0.173. The number of halogens is 1. The third kappa shape index (κ3) is 4.74. The molecule has 2 aromatic heterocycles. The van der Waals surface area contributed by atoms with Crippen molar-refractivity contribution in [2.75, 3.05) is 6.54 Å². The molecule has 0 radical (unpaired) electrons. The number of rotatable bonds is 6. The lowest BCUT2D eigenvalue weighted by molar-refractivity contribution is 0.0946. The minimum atomic E-state index is -0.593. The second-order valence-electron chi connectivity index (χ2n) is 7.87. The zero-order chi connectivity index (χ0) is 23.5. The normalized spacial score (nSPS) is 10.9. The maximum absolute atomic E-state index is 14.2. The lowest BCUT2D eigenvalue weighted by Crippen LogP contribution is -2.33. The Bertz CT molecular complexity index is 1370. The van der Waals surface area contributed by atoms with Gasteiger partial charge in [0, 0.05) is 24.0 Å². The van der Waals surface area contributed by atoms with E-state index in [0.717, 1.165) is 22.6 Å². The van der Waals surface area contributed by atoms with Gasteiger partial charge in [-0.15, -0.1) is 0 Å². The van der Waals surface area contributed by atoms with Crippen LogP contribution in [0.25, 0.3) is 11.4 Å². The first-order chi connectivity index (χ1) is 15.8. The highest BCUT2D eigenvalue weighted by atomic mass is 19.1. The molecule has 0 unspecified atom stereocenters. The van der Waals surface area contributed by atoms with Crippen LogP contribution in [0.5, 0.6) is 0 Å². The van der Waals surface area contributed by atoms with Crippen molar-refractivity contribution in [3.05, 3.63) is 105 Å². The summed E-state index contributed by atoms with van der Waals surface area (Å²) in [6.45, 7) is 5.92. The molecule has 1 N–H and O–H groups in total. The quantitative estimate of drug-likeness (QED) is 0.493. The second-order valence-corrected chi connectivity index (χ2v) is 7.87. The zero-order valence-electron chi connectivity index (χ0n) is 18.7. The predicted octanol–water partition coefficient (Wildman–Crippen LogP) is 3.46. The summed E-state index contributed by atoms with van der Waals surface area (Å²) in [6.07, 6.45) is 0.580. The van der Waals surface area contributed by atoms with Crippen LogP contribution >= 0.6 is 0 Å². The van der Waals surface area contributed by atoms with Gasteiger partial charge in [-0.25, -0.2) is 13.8 Å². The summed E-state index contributed by atoms with van der Waals surface area (Å²) in [7, 11) is 0. The SMILES string of the molecule is Cc1cc(C)n(-c2ccc(CCNC(=O)c3nn(-c4ccccc4F)c(C)cc3=O)cc2)n1. The van der Waals surface area contributed by atoms with E-state index in [1.807, 2.05) is 48.9 Å². The van der Waals surface area contributed by atoms with Gasteiger partial charge in [0.05, 0.1) is 11.4 Å². The van der Waals surface area contributed by atoms with E-state index >= 15 is 0 Å². The molecule has 0 aliphatic rings. The molecular formula is C25H24FN5O2. The summed E-state index contributed by atoms with van der Waals surface area (Å²) in [4.78, 5) is 25.0. The molecule has 7 nitrogen and oxygen atoms in total. The Labute approximate surface area is 190 Å². The van der Waals surface area contributed by atoms with E-state index in [9.17, 15) is 14.0 Å². The fourth-order valence-electron chi connectivity index (χ4n) is 3.67. The Balaban J connectivity index is 1.44. The molecule has 2 aromatic carbocycles. The van der Waals surface area contributed by atoms with E-state index in [1.165, 1.54) is 22.9 Å². The fraction of sp³-hybridized carbons (Fsp3) is 0.200. The van der Waals surface area contributed by atoms with Crippen molar-refractivity contribution in [1.82, 2.24) is 24.9 Å². The van der Waals surface area contributed by atoms with Gasteiger partial charge < -0.3 is 5.32 Å². The first kappa shape index (κ1) is 22.1. The number of hydrogen-bond acceptors (Lipinski definition) is 4. The Hall–Kier alpha value is -4.07. The number of hydrogen-bond donors (Lipinski definition) is 1. The summed E-state index contributed by atoms with van der Waals surface area (Å²) in [5, 5.41) is 11.3. The van der Waals surface area contributed by atoms with Gasteiger partial charge in [-0.05, 0) is 63.1 Å². The van der Waals surface area contributed by atoms with Crippen molar-refractivity contribution >= 4 is 5.91 Å². The second kappa shape index (κ2) is 9.20. The Morgan fingerprint density at radius 3 is 2.30 bits per heavy atom. The van der Waals surface area contributed by atoms with Gasteiger partial charge in [0.15, 0.2) is 5.69 Å². The number of nitrogens with zero attached hydrogens (tertiary/aromatic N) is 4. The average Bonchev–Trinajstić information content (AvgIpc) is 3.13. The van der Waals surface area contributed by atoms with Gasteiger partial charge in [0.25, 0.3) is 5.91 Å². The highest BCUT2D eigenvalue weighted by molar-refractivity contribution is 5.92. The maximum atomic E-state index is 14.2. The van der Waals surface area contributed by atoms with Crippen LogP contribution in [0.2, 0.25) is 0 Å². The summed E-state index contributed by atoms with van der Waals surface area (Å²) in [5.41, 5.74) is 3.83. The van der Waals surface area contributed by atoms with E-state index in [0.29, 0.717) is 18.7 Å². The van der Waals surface area contributed by atoms with Crippen LogP contribution in [0, 0.1) is 26.6 Å². The first-order valence-electron chi connectivity index (χ1n) is 10.6. The summed E-state index contributed by atoms with van der Waals surface area (Å²) >= 11 is 0. The highest BCUT2D eigenvalue weighted by Gasteiger charge is 2.16. The predicted molar refractivity (Wildman–Crippen MR) is 124 cm³/mol. The topological polar surface area (TPSA) is 81.8 Å². The number of aryl methyl sites for hydroxylation is 3. The molecule has 8 heteroatoms. The van der Waals surface area contributed by atoms with E-state index in [-0.39, 0.29) is 11.4 Å². The molecule has 1 amide bonds. The van der Waals surface area contributed by atoms with Gasteiger partial charge in [0.2, 0.25) is 5.43 Å². The molecule has 0 saturated heterocycles. The minimum Gasteiger partial charge on any atom is -0.350 e. The smallest absolute Gasteiger partial charge is 0.275 e. The molecule has 168 valence electrons. The van der Waals surface area contributed by atoms with Gasteiger partial charge in [0.1, 0.15) is 11.5 Å². The van der Waals surface area contributed by atoms with Crippen molar-refractivity contribution in [1.29, 1.82) is 0 Å². The van der Waals surface area contributed by atoms with Crippen LogP contribution in [0.4, 0.5) is 4.39 Å². The third-order valence-electron chi connectivity index (χ3n) is 5.29. The Kier molecular flexibility index (Phi) is 6.17. The van der Waals surface area contributed by atoms with Gasteiger partial charge in [-0.2, -0.15) is 10.2 Å². The van der Waals surface area contributed by atoms with Crippen LogP contribution in [0.1, 0.15) is 33.1 Å². The van der Waals surface area contributed by atoms with E-state index in [1.54, 1.807) is 19.1 Å². The van der Waals surface area contributed by atoms with Gasteiger partial charge in [-0.3, -0.25) is 9.59 Å². The molecule has 0 aliphatic carbocycles. The van der Waals surface area contributed by atoms with E-state index in [2.05, 4.69) is 15.5 Å². The monoisotopic (exact) mass is 445 g/mol. The largest absolute Gasteiger partial charge is 0.350 e. The summed E-state index contributed by atoms with van der Waals surface area (Å²) in [5.74, 6) is -1.09. The molecule has 2 heterocycles. The molecule has 0 saturated carbocycles. The Morgan fingerprint density at radius 2 is 1.64 bits per heavy atom. The number of para-hydroxylation sites is 1. The first-order valence-corrected chi connectivity index (χ1v) is 10.6. The summed E-state index contributed by atoms with van der Waals surface area (Å²) < 4.78 is 17.3. The zero-order valence-corrected chi connectivity index (χ0v) is 18.7. The molecule has 4 aromatic rings. The van der Waals surface area contributed by atoms with E-state index in [4.69, 9.17) is 0 Å². The van der Waals surface area contributed by atoms with Crippen LogP contribution < -0.4 is 10.7 Å². The molecule has 33 heavy (non-hydrogen) atoms. The van der Waals surface area contributed by atoms with Crippen LogP contribution in [0.3, 0.4) is 0 Å². The van der Waals surface area contributed by atoms with Crippen molar-refractivity contribution in [2.24, 2.45) is 0 Å². The van der Waals surface area contributed by atoms with Crippen molar-refractivity contribution < 1.29 is 9.18 Å². The van der Waals surface area contributed by atoms with Gasteiger partial charge in [-0.1, -0.05) is 24.3 Å². The molecule has 0 spiro atoms. The number of carbonyl (C=O) groups is 1. The molecular weight excluding hydrogens is 421 g/mol. The van der Waals surface area contributed by atoms with Crippen molar-refractivity contribution in [3.8, 4) is 11.4 Å². The van der Waals surface area contributed by atoms with Crippen LogP contribution in [-0.2, 0) is 6.42 Å². The molecule has 0 atom stereocenters. The highest BCUT2D eigenvalue weighted by Crippen LogP contribution is 2.14. The lowest BCUT2D eigenvalue weighted by atomic mass is 10.1. The lowest BCUT2D eigenvalue weighted by Gasteiger charge is -2.12. The Morgan fingerprint density at radius 1 is 0.939 bits per heavy atom. The maximum Gasteiger partial charge on any atom is 0.275 e. The van der Waals surface area contributed by atoms with Crippen molar-refractivity contribution in [2.45, 2.75) is 27.2 Å². The number of nitrogens with one attached hydrogen (secondary N) is 1. The van der Waals surface area contributed by atoms with Crippen LogP contribution in [0.15, 0.2) is 65.5 Å². The number of aromatic nitrogens is 4. The number of amides is 1. The molecule has 0 bridgehead atoms. The van der Waals surface area contributed by atoms with Crippen molar-refractivity contribution in [3.63, 3.8) is 0 Å². The molecule has 0 aliphatic heterocycles. The summed E-state index contributed by atoms with van der Waals surface area (Å²) in [6, 6.07) is 17.3. The third-order valence-corrected chi connectivity index (χ3v) is 5.29. The van der Waals surface area contributed by atoms with Crippen LogP contribution in [-0.4, -0.2) is 32.0 Å². The standard InChI is InChI=1S/C25H24FN5O2/c1-16-14-17(2)30(28-16)20-10-8-19(9-11-20)12-13-27-25(33)24-23(32)15-18(3)31(29-24)22-7-5-4-6-21(22)26/h4-11,14-15H,12-13H2,1-3H3,(H,27,33). The molecule has 4 rings (SSSR count). The average molecular weight is 445 g/mol. The fourth-order valence-corrected chi connectivity index (χ4v) is 3.67. The number of benzene rings is 2.